The molecule has 0 heterocycles. The molecule has 2 atom stereocenters. The summed E-state index contributed by atoms with van der Waals surface area (Å²) in [5.41, 5.74) is -0.252. The Labute approximate surface area is 61.4 Å². The minimum absolute atomic E-state index is 0.252. The van der Waals surface area contributed by atoms with Crippen molar-refractivity contribution in [3.63, 3.8) is 0 Å². The van der Waals surface area contributed by atoms with E-state index in [9.17, 15) is 5.11 Å². The van der Waals surface area contributed by atoms with Gasteiger partial charge >= 0.3 is 0 Å². The van der Waals surface area contributed by atoms with Crippen molar-refractivity contribution in [2.75, 3.05) is 0 Å². The SMILES string of the molecule is CC1(O)C2CC3CC2C1C3. The topological polar surface area (TPSA) is 20.2 Å². The van der Waals surface area contributed by atoms with Gasteiger partial charge in [0.05, 0.1) is 5.60 Å². The Hall–Kier alpha value is -0.0400. The highest BCUT2D eigenvalue weighted by Crippen LogP contribution is 2.68. The van der Waals surface area contributed by atoms with Gasteiger partial charge in [-0.3, -0.25) is 0 Å². The Balaban J connectivity index is 2.00. The molecule has 0 saturated heterocycles. The predicted molar refractivity (Wildman–Crippen MR) is 38.4 cm³/mol. The van der Waals surface area contributed by atoms with Crippen LogP contribution >= 0.6 is 0 Å². The van der Waals surface area contributed by atoms with Crippen LogP contribution in [0.3, 0.4) is 0 Å². The van der Waals surface area contributed by atoms with E-state index >= 15 is 0 Å². The molecule has 0 aromatic rings. The van der Waals surface area contributed by atoms with E-state index in [0.717, 1.165) is 11.8 Å². The molecular formula is C9H14O. The zero-order valence-electron chi connectivity index (χ0n) is 6.38. The van der Waals surface area contributed by atoms with Gasteiger partial charge in [0.25, 0.3) is 0 Å². The molecule has 3 aliphatic rings. The fraction of sp³-hybridized carbons (Fsp3) is 1.00. The van der Waals surface area contributed by atoms with E-state index in [1.807, 2.05) is 6.92 Å². The van der Waals surface area contributed by atoms with E-state index in [0.29, 0.717) is 11.8 Å². The van der Waals surface area contributed by atoms with Crippen LogP contribution in [0, 0.1) is 23.7 Å². The van der Waals surface area contributed by atoms with Crippen molar-refractivity contribution in [2.24, 2.45) is 23.7 Å². The van der Waals surface area contributed by atoms with Crippen LogP contribution in [0.2, 0.25) is 0 Å². The van der Waals surface area contributed by atoms with E-state index in [-0.39, 0.29) is 5.60 Å². The number of hydrogen-bond acceptors (Lipinski definition) is 1. The summed E-state index contributed by atoms with van der Waals surface area (Å²) in [5, 5.41) is 9.89. The van der Waals surface area contributed by atoms with Gasteiger partial charge in [-0.2, -0.15) is 0 Å². The highest BCUT2D eigenvalue weighted by molar-refractivity contribution is 5.16. The quantitative estimate of drug-likeness (QED) is 0.536. The van der Waals surface area contributed by atoms with E-state index in [4.69, 9.17) is 0 Å². The third-order valence-corrected chi connectivity index (χ3v) is 4.32. The van der Waals surface area contributed by atoms with Gasteiger partial charge in [0.15, 0.2) is 0 Å². The molecule has 0 aromatic heterocycles. The van der Waals surface area contributed by atoms with Crippen molar-refractivity contribution in [1.82, 2.24) is 0 Å². The molecule has 3 aliphatic carbocycles. The summed E-state index contributed by atoms with van der Waals surface area (Å²) < 4.78 is 0. The first-order valence-corrected chi connectivity index (χ1v) is 4.42. The minimum atomic E-state index is -0.252. The molecule has 0 radical (unpaired) electrons. The third-order valence-electron chi connectivity index (χ3n) is 4.32. The number of hydrogen-bond donors (Lipinski definition) is 1. The Morgan fingerprint density at radius 3 is 2.10 bits per heavy atom. The van der Waals surface area contributed by atoms with Crippen LogP contribution in [-0.4, -0.2) is 10.7 Å². The third kappa shape index (κ3) is 0.378. The average molecular weight is 138 g/mol. The van der Waals surface area contributed by atoms with Gasteiger partial charge in [-0.25, -0.2) is 0 Å². The number of fused-ring (bicyclic) bond motifs is 1. The van der Waals surface area contributed by atoms with Gasteiger partial charge in [-0.05, 0) is 49.9 Å². The van der Waals surface area contributed by atoms with Crippen molar-refractivity contribution in [2.45, 2.75) is 31.8 Å². The van der Waals surface area contributed by atoms with Gasteiger partial charge in [-0.15, -0.1) is 0 Å². The van der Waals surface area contributed by atoms with Gasteiger partial charge in [-0.1, -0.05) is 0 Å². The summed E-state index contributed by atoms with van der Waals surface area (Å²) in [6.45, 7) is 2.04. The number of rotatable bonds is 0. The monoisotopic (exact) mass is 138 g/mol. The van der Waals surface area contributed by atoms with Crippen molar-refractivity contribution in [3.05, 3.63) is 0 Å². The lowest BCUT2D eigenvalue weighted by Gasteiger charge is -2.55. The van der Waals surface area contributed by atoms with Crippen molar-refractivity contribution < 1.29 is 5.11 Å². The first-order chi connectivity index (χ1) is 4.69. The maximum atomic E-state index is 9.89. The Bertz CT molecular complexity index is 169. The van der Waals surface area contributed by atoms with E-state index < -0.39 is 0 Å². The molecule has 0 aromatic carbocycles. The summed E-state index contributed by atoms with van der Waals surface area (Å²) in [6.07, 6.45) is 4.09. The summed E-state index contributed by atoms with van der Waals surface area (Å²) in [4.78, 5) is 0. The van der Waals surface area contributed by atoms with Crippen molar-refractivity contribution in [3.8, 4) is 0 Å². The summed E-state index contributed by atoms with van der Waals surface area (Å²) in [7, 11) is 0. The van der Waals surface area contributed by atoms with Crippen LogP contribution in [0.4, 0.5) is 0 Å². The van der Waals surface area contributed by atoms with Crippen LogP contribution in [-0.2, 0) is 0 Å². The second-order valence-corrected chi connectivity index (χ2v) is 4.68. The second-order valence-electron chi connectivity index (χ2n) is 4.68. The maximum absolute atomic E-state index is 9.89. The lowest BCUT2D eigenvalue weighted by atomic mass is 9.53. The lowest BCUT2D eigenvalue weighted by Crippen LogP contribution is -2.59. The molecule has 56 valence electrons. The molecule has 3 saturated carbocycles. The fourth-order valence-electron chi connectivity index (χ4n) is 3.85. The highest BCUT2D eigenvalue weighted by atomic mass is 16.3. The Morgan fingerprint density at radius 2 is 1.80 bits per heavy atom. The Morgan fingerprint density at radius 1 is 1.20 bits per heavy atom. The first kappa shape index (κ1) is 5.59. The molecule has 2 bridgehead atoms. The van der Waals surface area contributed by atoms with Crippen LogP contribution < -0.4 is 0 Å². The van der Waals surface area contributed by atoms with E-state index in [2.05, 4.69) is 0 Å². The Kier molecular flexibility index (Phi) is 0.722. The molecule has 0 amide bonds. The van der Waals surface area contributed by atoms with Gasteiger partial charge < -0.3 is 5.11 Å². The van der Waals surface area contributed by atoms with Crippen LogP contribution in [0.25, 0.3) is 0 Å². The zero-order chi connectivity index (χ0) is 6.93. The summed E-state index contributed by atoms with van der Waals surface area (Å²) in [5.74, 6) is 3.31. The molecule has 2 unspecified atom stereocenters. The highest BCUT2D eigenvalue weighted by Gasteiger charge is 2.66. The van der Waals surface area contributed by atoms with Crippen molar-refractivity contribution in [1.29, 1.82) is 0 Å². The first-order valence-electron chi connectivity index (χ1n) is 4.42. The largest absolute Gasteiger partial charge is 0.390 e. The normalized spacial score (nSPS) is 70.2. The molecule has 3 rings (SSSR count). The minimum Gasteiger partial charge on any atom is -0.390 e. The molecule has 3 fully saturated rings. The van der Waals surface area contributed by atoms with Gasteiger partial charge in [0.1, 0.15) is 0 Å². The van der Waals surface area contributed by atoms with Gasteiger partial charge in [0, 0.05) is 0 Å². The molecule has 1 N–H and O–H groups in total. The summed E-state index contributed by atoms with van der Waals surface area (Å²) >= 11 is 0. The van der Waals surface area contributed by atoms with Crippen LogP contribution in [0.5, 0.6) is 0 Å². The predicted octanol–water partition coefficient (Wildman–Crippen LogP) is 1.41. The van der Waals surface area contributed by atoms with E-state index in [1.54, 1.807) is 0 Å². The molecule has 10 heavy (non-hydrogen) atoms. The molecule has 0 spiro atoms. The average Bonchev–Trinajstić information content (AvgIpc) is 2.41. The van der Waals surface area contributed by atoms with Crippen molar-refractivity contribution >= 4 is 0 Å². The molecule has 1 heteroatoms. The molecule has 1 nitrogen and oxygen atoms in total. The smallest absolute Gasteiger partial charge is 0.0681 e. The fourth-order valence-corrected chi connectivity index (χ4v) is 3.85. The summed E-state index contributed by atoms with van der Waals surface area (Å²) in [6, 6.07) is 0. The molecular weight excluding hydrogens is 124 g/mol. The van der Waals surface area contributed by atoms with Gasteiger partial charge in [0.2, 0.25) is 0 Å². The standard InChI is InChI=1S/C9H14O/c1-9(10)7-3-5-2-6(7)8(9)4-5/h5-8,10H,2-4H2,1H3. The lowest BCUT2D eigenvalue weighted by molar-refractivity contribution is -0.181. The second kappa shape index (κ2) is 1.29. The van der Waals surface area contributed by atoms with E-state index in [1.165, 1.54) is 19.3 Å². The molecule has 0 aliphatic heterocycles. The number of aliphatic hydroxyl groups is 1. The maximum Gasteiger partial charge on any atom is 0.0681 e. The van der Waals surface area contributed by atoms with Crippen LogP contribution in [0.1, 0.15) is 26.2 Å². The van der Waals surface area contributed by atoms with Crippen LogP contribution in [0.15, 0.2) is 0 Å². The zero-order valence-corrected chi connectivity index (χ0v) is 6.38.